The van der Waals surface area contributed by atoms with Gasteiger partial charge < -0.3 is 9.80 Å². The van der Waals surface area contributed by atoms with Gasteiger partial charge in [-0.3, -0.25) is 15.0 Å². The predicted molar refractivity (Wildman–Crippen MR) is 84.6 cm³/mol. The molecule has 3 rings (SSSR count). The molecule has 2 amide bonds. The van der Waals surface area contributed by atoms with E-state index < -0.39 is 11.8 Å². The van der Waals surface area contributed by atoms with Gasteiger partial charge in [0, 0.05) is 36.9 Å². The van der Waals surface area contributed by atoms with E-state index >= 15 is 0 Å². The first-order valence-electron chi connectivity index (χ1n) is 7.09. The zero-order chi connectivity index (χ0) is 16.2. The molecule has 1 N–H and O–H groups in total. The monoisotopic (exact) mass is 334 g/mol. The molecule has 9 heteroatoms. The summed E-state index contributed by atoms with van der Waals surface area (Å²) in [5.74, 6) is -1.27. The van der Waals surface area contributed by atoms with Crippen LogP contribution in [0.5, 0.6) is 0 Å². The van der Waals surface area contributed by atoms with E-state index in [1.165, 1.54) is 22.2 Å². The Balaban J connectivity index is 1.56. The third-order valence-corrected chi connectivity index (χ3v) is 3.82. The Kier molecular flexibility index (Phi) is 4.42. The highest BCUT2D eigenvalue weighted by Crippen LogP contribution is 2.20. The zero-order valence-corrected chi connectivity index (χ0v) is 13.0. The van der Waals surface area contributed by atoms with E-state index in [2.05, 4.69) is 20.5 Å². The SMILES string of the molecule is O=C(Nn1cnnc1)C(=O)N1CCN(c2cccc(Cl)c2)CC1. The standard InChI is InChI=1S/C14H15ClN6O2/c15-11-2-1-3-12(8-11)19-4-6-20(7-5-19)14(23)13(22)18-21-9-16-17-10-21/h1-3,8-10H,4-7H2,(H,18,22). The van der Waals surface area contributed by atoms with Gasteiger partial charge in [0.15, 0.2) is 0 Å². The van der Waals surface area contributed by atoms with Gasteiger partial charge in [-0.1, -0.05) is 17.7 Å². The summed E-state index contributed by atoms with van der Waals surface area (Å²) in [6.07, 6.45) is 2.62. The molecule has 0 radical (unpaired) electrons. The highest BCUT2D eigenvalue weighted by molar-refractivity contribution is 6.38. The third kappa shape index (κ3) is 3.59. The van der Waals surface area contributed by atoms with E-state index in [4.69, 9.17) is 11.6 Å². The van der Waals surface area contributed by atoms with Gasteiger partial charge in [0.25, 0.3) is 0 Å². The minimum Gasteiger partial charge on any atom is -0.368 e. The Labute approximate surface area is 137 Å². The number of halogens is 1. The van der Waals surface area contributed by atoms with Crippen molar-refractivity contribution in [1.29, 1.82) is 0 Å². The van der Waals surface area contributed by atoms with Crippen LogP contribution < -0.4 is 10.3 Å². The smallest absolute Gasteiger partial charge is 0.328 e. The second-order valence-corrected chi connectivity index (χ2v) is 5.51. The topological polar surface area (TPSA) is 83.4 Å². The van der Waals surface area contributed by atoms with Gasteiger partial charge in [0.05, 0.1) is 0 Å². The maximum absolute atomic E-state index is 12.1. The summed E-state index contributed by atoms with van der Waals surface area (Å²) in [5.41, 5.74) is 3.41. The molecule has 1 aliphatic rings. The lowest BCUT2D eigenvalue weighted by molar-refractivity contribution is -0.143. The fourth-order valence-corrected chi connectivity index (χ4v) is 2.59. The summed E-state index contributed by atoms with van der Waals surface area (Å²) in [7, 11) is 0. The Morgan fingerprint density at radius 1 is 1.09 bits per heavy atom. The van der Waals surface area contributed by atoms with Crippen LogP contribution >= 0.6 is 11.6 Å². The molecule has 0 saturated carbocycles. The van der Waals surface area contributed by atoms with E-state index in [0.29, 0.717) is 31.2 Å². The average molecular weight is 335 g/mol. The normalized spacial score (nSPS) is 14.7. The molecule has 2 aromatic rings. The number of amides is 2. The van der Waals surface area contributed by atoms with Gasteiger partial charge in [-0.2, -0.15) is 0 Å². The second-order valence-electron chi connectivity index (χ2n) is 5.07. The van der Waals surface area contributed by atoms with Crippen LogP contribution in [0.2, 0.25) is 5.02 Å². The number of piperazine rings is 1. The highest BCUT2D eigenvalue weighted by atomic mass is 35.5. The summed E-state index contributed by atoms with van der Waals surface area (Å²) in [5, 5.41) is 7.78. The first-order valence-corrected chi connectivity index (χ1v) is 7.47. The molecule has 120 valence electrons. The molecule has 2 heterocycles. The molecular weight excluding hydrogens is 320 g/mol. The Bertz CT molecular complexity index is 697. The maximum Gasteiger partial charge on any atom is 0.328 e. The molecule has 23 heavy (non-hydrogen) atoms. The van der Waals surface area contributed by atoms with Crippen LogP contribution in [0.4, 0.5) is 5.69 Å². The van der Waals surface area contributed by atoms with E-state index in [1.807, 2.05) is 24.3 Å². The number of carbonyl (C=O) groups excluding carboxylic acids is 2. The lowest BCUT2D eigenvalue weighted by Crippen LogP contribution is -2.52. The van der Waals surface area contributed by atoms with Crippen molar-refractivity contribution in [2.24, 2.45) is 0 Å². The first-order chi connectivity index (χ1) is 11.1. The number of hydrogen-bond donors (Lipinski definition) is 1. The zero-order valence-electron chi connectivity index (χ0n) is 12.2. The van der Waals surface area contributed by atoms with Gasteiger partial charge in [-0.25, -0.2) is 4.68 Å². The summed E-state index contributed by atoms with van der Waals surface area (Å²) >= 11 is 6.00. The van der Waals surface area contributed by atoms with Crippen LogP contribution in [0.3, 0.4) is 0 Å². The van der Waals surface area contributed by atoms with E-state index in [9.17, 15) is 9.59 Å². The van der Waals surface area contributed by atoms with Crippen LogP contribution in [0.1, 0.15) is 0 Å². The maximum atomic E-state index is 12.1. The number of hydrogen-bond acceptors (Lipinski definition) is 5. The Morgan fingerprint density at radius 3 is 2.43 bits per heavy atom. The number of aromatic nitrogens is 3. The number of nitrogens with zero attached hydrogens (tertiary/aromatic N) is 5. The van der Waals surface area contributed by atoms with Crippen LogP contribution in [-0.4, -0.2) is 57.8 Å². The summed E-state index contributed by atoms with van der Waals surface area (Å²) < 4.78 is 1.24. The quantitative estimate of drug-likeness (QED) is 0.801. The molecule has 1 fully saturated rings. The van der Waals surface area contributed by atoms with Crippen molar-refractivity contribution in [1.82, 2.24) is 19.8 Å². The van der Waals surface area contributed by atoms with E-state index in [1.54, 1.807) is 0 Å². The molecule has 1 aromatic heterocycles. The number of nitrogens with one attached hydrogen (secondary N) is 1. The molecule has 0 unspecified atom stereocenters. The lowest BCUT2D eigenvalue weighted by Gasteiger charge is -2.35. The molecule has 1 saturated heterocycles. The van der Waals surface area contributed by atoms with E-state index in [-0.39, 0.29) is 0 Å². The van der Waals surface area contributed by atoms with Crippen LogP contribution in [0.25, 0.3) is 0 Å². The summed E-state index contributed by atoms with van der Waals surface area (Å²) in [4.78, 5) is 27.7. The van der Waals surface area contributed by atoms with Gasteiger partial charge in [0.1, 0.15) is 12.7 Å². The fraction of sp³-hybridized carbons (Fsp3) is 0.286. The molecule has 0 spiro atoms. The lowest BCUT2D eigenvalue weighted by atomic mass is 10.2. The predicted octanol–water partition coefficient (Wildman–Crippen LogP) is 0.350. The molecule has 0 atom stereocenters. The van der Waals surface area contributed by atoms with Crippen molar-refractivity contribution in [2.75, 3.05) is 36.5 Å². The summed E-state index contributed by atoms with van der Waals surface area (Å²) in [6, 6.07) is 7.57. The number of rotatable bonds is 2. The second kappa shape index (κ2) is 6.66. The fourth-order valence-electron chi connectivity index (χ4n) is 2.41. The van der Waals surface area contributed by atoms with Crippen molar-refractivity contribution >= 4 is 29.1 Å². The average Bonchev–Trinajstić information content (AvgIpc) is 3.07. The van der Waals surface area contributed by atoms with Gasteiger partial charge in [-0.15, -0.1) is 10.2 Å². The van der Waals surface area contributed by atoms with E-state index in [0.717, 1.165) is 5.69 Å². The molecule has 8 nitrogen and oxygen atoms in total. The number of carbonyl (C=O) groups is 2. The Hall–Kier alpha value is -2.61. The number of benzene rings is 1. The van der Waals surface area contributed by atoms with Crippen molar-refractivity contribution in [3.8, 4) is 0 Å². The van der Waals surface area contributed by atoms with Crippen LogP contribution in [-0.2, 0) is 9.59 Å². The van der Waals surface area contributed by atoms with Crippen molar-refractivity contribution in [3.05, 3.63) is 41.9 Å². The van der Waals surface area contributed by atoms with Gasteiger partial charge >= 0.3 is 11.8 Å². The molecule has 1 aliphatic heterocycles. The minimum atomic E-state index is -0.707. The largest absolute Gasteiger partial charge is 0.368 e. The van der Waals surface area contributed by atoms with Gasteiger partial charge in [-0.05, 0) is 18.2 Å². The third-order valence-electron chi connectivity index (χ3n) is 3.58. The highest BCUT2D eigenvalue weighted by Gasteiger charge is 2.26. The first kappa shape index (κ1) is 15.3. The van der Waals surface area contributed by atoms with Crippen LogP contribution in [0.15, 0.2) is 36.9 Å². The van der Waals surface area contributed by atoms with Crippen LogP contribution in [0, 0.1) is 0 Å². The van der Waals surface area contributed by atoms with Gasteiger partial charge in [0.2, 0.25) is 0 Å². The molecule has 0 aliphatic carbocycles. The number of anilines is 1. The summed E-state index contributed by atoms with van der Waals surface area (Å²) in [6.45, 7) is 2.24. The molecule has 0 bridgehead atoms. The van der Waals surface area contributed by atoms with Crippen molar-refractivity contribution in [2.45, 2.75) is 0 Å². The van der Waals surface area contributed by atoms with Crippen molar-refractivity contribution < 1.29 is 9.59 Å². The molecule has 1 aromatic carbocycles. The minimum absolute atomic E-state index is 0.473. The van der Waals surface area contributed by atoms with Crippen molar-refractivity contribution in [3.63, 3.8) is 0 Å². The molecular formula is C14H15ClN6O2. The Morgan fingerprint density at radius 2 is 1.78 bits per heavy atom.